The fourth-order valence-corrected chi connectivity index (χ4v) is 5.01. The average molecular weight is 343 g/mol. The van der Waals surface area contributed by atoms with Gasteiger partial charge in [0.15, 0.2) is 0 Å². The Morgan fingerprint density at radius 3 is 2.48 bits per heavy atom. The summed E-state index contributed by atoms with van der Waals surface area (Å²) in [5, 5.41) is 4.34. The number of methoxy groups -OCH3 is 1. The van der Waals surface area contributed by atoms with Gasteiger partial charge in [-0.15, -0.1) is 13.2 Å². The fourth-order valence-electron chi connectivity index (χ4n) is 3.74. The van der Waals surface area contributed by atoms with Gasteiger partial charge in [-0.05, 0) is 44.2 Å². The SMILES string of the molecule is C=P(C)(CC)CCCC1C(OC)C/C(=N/OC)C1CCCCC. The molecule has 0 N–H and O–H groups in total. The highest BCUT2D eigenvalue weighted by Crippen LogP contribution is 2.43. The summed E-state index contributed by atoms with van der Waals surface area (Å²) in [5.74, 6) is 1.14. The van der Waals surface area contributed by atoms with E-state index in [1.807, 2.05) is 7.11 Å². The fraction of sp³-hybridized carbons (Fsp3) is 0.895. The predicted octanol–water partition coefficient (Wildman–Crippen LogP) is 5.10. The molecule has 0 amide bonds. The van der Waals surface area contributed by atoms with Crippen molar-refractivity contribution in [3.8, 4) is 0 Å². The monoisotopic (exact) mass is 343 g/mol. The van der Waals surface area contributed by atoms with Gasteiger partial charge in [0.25, 0.3) is 0 Å². The molecule has 0 bridgehead atoms. The first-order valence-electron chi connectivity index (χ1n) is 9.30. The Hall–Kier alpha value is -0.270. The van der Waals surface area contributed by atoms with Gasteiger partial charge in [0, 0.05) is 19.4 Å². The van der Waals surface area contributed by atoms with Gasteiger partial charge >= 0.3 is 0 Å². The zero-order valence-corrected chi connectivity index (χ0v) is 16.9. The number of hydrogen-bond donors (Lipinski definition) is 0. The molecule has 0 aliphatic heterocycles. The molecule has 23 heavy (non-hydrogen) atoms. The lowest BCUT2D eigenvalue weighted by molar-refractivity contribution is 0.0557. The first-order chi connectivity index (χ1) is 11.0. The van der Waals surface area contributed by atoms with Gasteiger partial charge in [0.2, 0.25) is 0 Å². The van der Waals surface area contributed by atoms with E-state index in [0.29, 0.717) is 17.9 Å². The van der Waals surface area contributed by atoms with Crippen LogP contribution in [-0.2, 0) is 9.57 Å². The second kappa shape index (κ2) is 10.6. The number of nitrogens with zero attached hydrogens (tertiary/aromatic N) is 1. The van der Waals surface area contributed by atoms with Gasteiger partial charge in [0.1, 0.15) is 7.11 Å². The molecular formula is C19H38NO2P. The van der Waals surface area contributed by atoms with E-state index in [2.05, 4.69) is 32.0 Å². The molecule has 136 valence electrons. The largest absolute Gasteiger partial charge is 0.399 e. The van der Waals surface area contributed by atoms with Crippen LogP contribution in [0, 0.1) is 11.8 Å². The van der Waals surface area contributed by atoms with Crippen molar-refractivity contribution in [2.75, 3.05) is 33.2 Å². The van der Waals surface area contributed by atoms with Crippen LogP contribution in [0.1, 0.15) is 58.8 Å². The minimum Gasteiger partial charge on any atom is -0.399 e. The van der Waals surface area contributed by atoms with Crippen molar-refractivity contribution in [1.29, 1.82) is 0 Å². The highest BCUT2D eigenvalue weighted by atomic mass is 31.2. The molecule has 0 heterocycles. The Bertz CT molecular complexity index is 408. The molecule has 4 heteroatoms. The molecule has 1 fully saturated rings. The summed E-state index contributed by atoms with van der Waals surface area (Å²) >= 11 is 0. The van der Waals surface area contributed by atoms with Crippen LogP contribution < -0.4 is 0 Å². The zero-order valence-electron chi connectivity index (χ0n) is 16.0. The van der Waals surface area contributed by atoms with Crippen molar-refractivity contribution in [1.82, 2.24) is 0 Å². The summed E-state index contributed by atoms with van der Waals surface area (Å²) in [7, 11) is 3.51. The van der Waals surface area contributed by atoms with Gasteiger partial charge < -0.3 is 9.57 Å². The second-order valence-corrected chi connectivity index (χ2v) is 11.6. The zero-order chi connectivity index (χ0) is 17.3. The van der Waals surface area contributed by atoms with Crippen LogP contribution in [0.15, 0.2) is 5.16 Å². The van der Waals surface area contributed by atoms with Crippen LogP contribution >= 0.6 is 6.89 Å². The van der Waals surface area contributed by atoms with E-state index in [-0.39, 0.29) is 0 Å². The van der Waals surface area contributed by atoms with E-state index in [1.54, 1.807) is 7.11 Å². The molecule has 4 unspecified atom stereocenters. The van der Waals surface area contributed by atoms with E-state index >= 15 is 0 Å². The highest BCUT2D eigenvalue weighted by Gasteiger charge is 2.40. The molecule has 0 aromatic carbocycles. The number of rotatable bonds is 11. The van der Waals surface area contributed by atoms with E-state index in [4.69, 9.17) is 9.57 Å². The first kappa shape index (κ1) is 20.8. The number of oxime groups is 1. The van der Waals surface area contributed by atoms with Gasteiger partial charge in [-0.3, -0.25) is 0 Å². The third-order valence-corrected chi connectivity index (χ3v) is 8.38. The third kappa shape index (κ3) is 6.63. The van der Waals surface area contributed by atoms with Crippen LogP contribution in [0.3, 0.4) is 0 Å². The van der Waals surface area contributed by atoms with Crippen LogP contribution in [-0.4, -0.2) is 51.3 Å². The molecule has 0 aromatic heterocycles. The molecule has 1 rings (SSSR count). The Labute approximate surface area is 144 Å². The lowest BCUT2D eigenvalue weighted by atomic mass is 9.86. The van der Waals surface area contributed by atoms with Crippen molar-refractivity contribution in [3.05, 3.63) is 0 Å². The molecule has 0 aromatic rings. The maximum atomic E-state index is 5.80. The Morgan fingerprint density at radius 2 is 1.91 bits per heavy atom. The van der Waals surface area contributed by atoms with Crippen molar-refractivity contribution in [2.45, 2.75) is 64.9 Å². The smallest absolute Gasteiger partial charge is 0.106 e. The lowest BCUT2D eigenvalue weighted by Gasteiger charge is -2.25. The topological polar surface area (TPSA) is 30.8 Å². The van der Waals surface area contributed by atoms with Crippen LogP contribution in [0.2, 0.25) is 0 Å². The summed E-state index contributed by atoms with van der Waals surface area (Å²) < 4.78 is 5.80. The van der Waals surface area contributed by atoms with Gasteiger partial charge in [0.05, 0.1) is 11.8 Å². The molecule has 4 atom stereocenters. The van der Waals surface area contributed by atoms with E-state index in [0.717, 1.165) is 6.42 Å². The maximum absolute atomic E-state index is 5.80. The quantitative estimate of drug-likeness (QED) is 0.297. The molecule has 0 saturated heterocycles. The molecule has 0 spiro atoms. The summed E-state index contributed by atoms with van der Waals surface area (Å²) in [6.07, 6.45) is 15.9. The molecular weight excluding hydrogens is 305 g/mol. The predicted molar refractivity (Wildman–Crippen MR) is 106 cm³/mol. The Balaban J connectivity index is 2.71. The van der Waals surface area contributed by atoms with Crippen molar-refractivity contribution in [2.24, 2.45) is 17.0 Å². The van der Waals surface area contributed by atoms with Crippen LogP contribution in [0.5, 0.6) is 0 Å². The molecule has 1 aliphatic carbocycles. The van der Waals surface area contributed by atoms with E-state index in [1.165, 1.54) is 56.6 Å². The van der Waals surface area contributed by atoms with Crippen molar-refractivity contribution >= 4 is 18.9 Å². The lowest BCUT2D eigenvalue weighted by Crippen LogP contribution is -2.22. The Kier molecular flexibility index (Phi) is 9.54. The third-order valence-electron chi connectivity index (χ3n) is 5.46. The van der Waals surface area contributed by atoms with E-state index < -0.39 is 6.89 Å². The van der Waals surface area contributed by atoms with Crippen molar-refractivity contribution in [3.63, 3.8) is 0 Å². The molecule has 1 aliphatic rings. The summed E-state index contributed by atoms with van der Waals surface area (Å²) in [6.45, 7) is 6.00. The second-order valence-electron chi connectivity index (χ2n) is 7.31. The summed E-state index contributed by atoms with van der Waals surface area (Å²) in [4.78, 5) is 5.11. The summed E-state index contributed by atoms with van der Waals surface area (Å²) in [6, 6.07) is 0. The number of unbranched alkanes of at least 4 members (excludes halogenated alkanes) is 2. The van der Waals surface area contributed by atoms with Crippen LogP contribution in [0.25, 0.3) is 0 Å². The summed E-state index contributed by atoms with van der Waals surface area (Å²) in [5.41, 5.74) is 1.23. The maximum Gasteiger partial charge on any atom is 0.106 e. The normalized spacial score (nSPS) is 28.9. The van der Waals surface area contributed by atoms with Gasteiger partial charge in [-0.2, -0.15) is 0 Å². The van der Waals surface area contributed by atoms with E-state index in [9.17, 15) is 0 Å². The first-order valence-corrected chi connectivity index (χ1v) is 12.1. The standard InChI is InChI=1S/C19H38NO2P/c1-7-9-10-12-16-17(13-11-14-23(5,6)8-2)19(21-3)15-18(16)20-22-4/h16-17,19H,5,7-15H2,1-4,6H3/b20-18-. The minimum atomic E-state index is -0.928. The highest BCUT2D eigenvalue weighted by molar-refractivity contribution is 7.72. The molecule has 3 nitrogen and oxygen atoms in total. The average Bonchev–Trinajstić information content (AvgIpc) is 2.85. The molecule has 0 radical (unpaired) electrons. The minimum absolute atomic E-state index is 0.312. The van der Waals surface area contributed by atoms with Gasteiger partial charge in [-0.1, -0.05) is 38.3 Å². The van der Waals surface area contributed by atoms with Gasteiger partial charge in [-0.25, -0.2) is 0 Å². The number of hydrogen-bond acceptors (Lipinski definition) is 3. The van der Waals surface area contributed by atoms with Crippen LogP contribution in [0.4, 0.5) is 0 Å². The number of ether oxygens (including phenoxy) is 1. The van der Waals surface area contributed by atoms with Crippen molar-refractivity contribution < 1.29 is 9.57 Å². The Morgan fingerprint density at radius 1 is 1.17 bits per heavy atom. The molecule has 1 saturated carbocycles.